The van der Waals surface area contributed by atoms with Crippen molar-refractivity contribution < 1.29 is 4.79 Å². The van der Waals surface area contributed by atoms with Gasteiger partial charge >= 0.3 is 6.03 Å². The topological polar surface area (TPSA) is 80.9 Å². The molecule has 2 amide bonds. The van der Waals surface area contributed by atoms with Gasteiger partial charge < -0.3 is 11.1 Å². The first-order valence-corrected chi connectivity index (χ1v) is 8.94. The minimum absolute atomic E-state index is 0.275. The lowest BCUT2D eigenvalue weighted by atomic mass is 10.1. The van der Waals surface area contributed by atoms with E-state index in [1.807, 2.05) is 48.7 Å². The minimum Gasteiger partial charge on any atom is -0.352 e. The number of halogens is 1. The van der Waals surface area contributed by atoms with Gasteiger partial charge in [-0.05, 0) is 28.9 Å². The number of carbonyl (C=O) groups excluding carboxylic acids is 1. The second-order valence-corrected chi connectivity index (χ2v) is 6.94. The van der Waals surface area contributed by atoms with Gasteiger partial charge in [-0.1, -0.05) is 30.3 Å². The van der Waals surface area contributed by atoms with Crippen LogP contribution >= 0.6 is 27.3 Å². The molecule has 3 rings (SSSR count). The standard InChI is InChI=1S/C17H15BrN4OS/c1-10(21-17(19)23)14-7-12(13(18)8-20-14)16-22-15(9-24-16)11-5-3-2-4-6-11/h2-10H,1H3,(H3,19,21,23). The summed E-state index contributed by atoms with van der Waals surface area (Å²) in [6, 6.07) is 11.1. The predicted octanol–water partition coefficient (Wildman–Crippen LogP) is 4.36. The molecule has 3 aromatic rings. The number of urea groups is 1. The fourth-order valence-corrected chi connectivity index (χ4v) is 3.68. The van der Waals surface area contributed by atoms with E-state index < -0.39 is 6.03 Å². The molecule has 0 radical (unpaired) electrons. The molecule has 0 aliphatic carbocycles. The number of benzene rings is 1. The van der Waals surface area contributed by atoms with Crippen LogP contribution < -0.4 is 11.1 Å². The van der Waals surface area contributed by atoms with Gasteiger partial charge in [0, 0.05) is 27.2 Å². The van der Waals surface area contributed by atoms with E-state index >= 15 is 0 Å². The lowest BCUT2D eigenvalue weighted by Gasteiger charge is -2.12. The number of nitrogens with zero attached hydrogens (tertiary/aromatic N) is 2. The molecule has 0 saturated heterocycles. The fourth-order valence-electron chi connectivity index (χ4n) is 2.28. The second kappa shape index (κ2) is 7.11. The summed E-state index contributed by atoms with van der Waals surface area (Å²) >= 11 is 5.09. The summed E-state index contributed by atoms with van der Waals surface area (Å²) in [5.41, 5.74) is 8.85. The van der Waals surface area contributed by atoms with E-state index in [0.29, 0.717) is 0 Å². The second-order valence-electron chi connectivity index (χ2n) is 5.22. The summed E-state index contributed by atoms with van der Waals surface area (Å²) in [6.45, 7) is 1.84. The molecule has 0 aliphatic rings. The van der Waals surface area contributed by atoms with Gasteiger partial charge in [-0.25, -0.2) is 9.78 Å². The van der Waals surface area contributed by atoms with Gasteiger partial charge in [0.2, 0.25) is 0 Å². The number of rotatable bonds is 4. The fraction of sp³-hybridized carbons (Fsp3) is 0.118. The molecule has 122 valence electrons. The molecule has 1 unspecified atom stereocenters. The van der Waals surface area contributed by atoms with Crippen LogP contribution in [0.1, 0.15) is 18.7 Å². The zero-order valence-electron chi connectivity index (χ0n) is 12.9. The molecule has 0 saturated carbocycles. The first kappa shape index (κ1) is 16.6. The van der Waals surface area contributed by atoms with Gasteiger partial charge in [-0.15, -0.1) is 11.3 Å². The molecule has 5 nitrogen and oxygen atoms in total. The normalized spacial score (nSPS) is 11.9. The highest BCUT2D eigenvalue weighted by atomic mass is 79.9. The van der Waals surface area contributed by atoms with Crippen molar-refractivity contribution in [3.05, 3.63) is 58.1 Å². The van der Waals surface area contributed by atoms with Gasteiger partial charge in [-0.3, -0.25) is 4.98 Å². The number of pyridine rings is 1. The molecule has 1 aromatic carbocycles. The molecule has 2 heterocycles. The summed E-state index contributed by atoms with van der Waals surface area (Å²) in [6.07, 6.45) is 1.72. The molecule has 0 spiro atoms. The number of hydrogen-bond donors (Lipinski definition) is 2. The summed E-state index contributed by atoms with van der Waals surface area (Å²) in [7, 11) is 0. The van der Waals surface area contributed by atoms with Gasteiger partial charge in [0.05, 0.1) is 17.4 Å². The van der Waals surface area contributed by atoms with Crippen LogP contribution in [-0.4, -0.2) is 16.0 Å². The van der Waals surface area contributed by atoms with Crippen molar-refractivity contribution in [2.45, 2.75) is 13.0 Å². The Balaban J connectivity index is 1.95. The van der Waals surface area contributed by atoms with Crippen LogP contribution in [0.3, 0.4) is 0 Å². The molecular weight excluding hydrogens is 388 g/mol. The van der Waals surface area contributed by atoms with Crippen molar-refractivity contribution in [2.24, 2.45) is 5.73 Å². The monoisotopic (exact) mass is 402 g/mol. The first-order chi connectivity index (χ1) is 11.5. The van der Waals surface area contributed by atoms with E-state index in [2.05, 4.69) is 26.2 Å². The number of nitrogens with one attached hydrogen (secondary N) is 1. The lowest BCUT2D eigenvalue weighted by molar-refractivity contribution is 0.246. The maximum atomic E-state index is 11.0. The van der Waals surface area contributed by atoms with Crippen LogP contribution in [0.4, 0.5) is 4.79 Å². The Morgan fingerprint density at radius 1 is 1.33 bits per heavy atom. The van der Waals surface area contributed by atoms with Crippen LogP contribution in [0.2, 0.25) is 0 Å². The van der Waals surface area contributed by atoms with Crippen molar-refractivity contribution >= 4 is 33.3 Å². The molecule has 0 bridgehead atoms. The Morgan fingerprint density at radius 2 is 2.08 bits per heavy atom. The largest absolute Gasteiger partial charge is 0.352 e. The summed E-state index contributed by atoms with van der Waals surface area (Å²) in [5.74, 6) is 0. The molecule has 1 atom stereocenters. The Kier molecular flexibility index (Phi) is 4.92. The number of carbonyl (C=O) groups is 1. The molecule has 0 aliphatic heterocycles. The van der Waals surface area contributed by atoms with Gasteiger partial charge in [-0.2, -0.15) is 0 Å². The zero-order valence-corrected chi connectivity index (χ0v) is 15.3. The summed E-state index contributed by atoms with van der Waals surface area (Å²) < 4.78 is 0.853. The van der Waals surface area contributed by atoms with Crippen molar-refractivity contribution in [1.82, 2.24) is 15.3 Å². The molecule has 7 heteroatoms. The van der Waals surface area contributed by atoms with E-state index in [1.54, 1.807) is 17.5 Å². The maximum Gasteiger partial charge on any atom is 0.312 e. The lowest BCUT2D eigenvalue weighted by Crippen LogP contribution is -2.32. The van der Waals surface area contributed by atoms with Crippen LogP contribution in [0.15, 0.2) is 52.4 Å². The average molecular weight is 403 g/mol. The van der Waals surface area contributed by atoms with E-state index in [9.17, 15) is 4.79 Å². The van der Waals surface area contributed by atoms with Crippen molar-refractivity contribution in [2.75, 3.05) is 0 Å². The number of primary amides is 1. The third kappa shape index (κ3) is 3.63. The Hall–Kier alpha value is -2.25. The SMILES string of the molecule is CC(NC(N)=O)c1cc(-c2nc(-c3ccccc3)cs2)c(Br)cn1. The van der Waals surface area contributed by atoms with Crippen LogP contribution in [-0.2, 0) is 0 Å². The number of amides is 2. The van der Waals surface area contributed by atoms with E-state index in [0.717, 1.165) is 32.0 Å². The number of nitrogens with two attached hydrogens (primary N) is 1. The van der Waals surface area contributed by atoms with Crippen LogP contribution in [0.25, 0.3) is 21.8 Å². The van der Waals surface area contributed by atoms with Crippen molar-refractivity contribution in [3.63, 3.8) is 0 Å². The first-order valence-electron chi connectivity index (χ1n) is 7.27. The highest BCUT2D eigenvalue weighted by molar-refractivity contribution is 9.10. The third-order valence-electron chi connectivity index (χ3n) is 3.48. The van der Waals surface area contributed by atoms with Crippen LogP contribution in [0, 0.1) is 0 Å². The van der Waals surface area contributed by atoms with E-state index in [-0.39, 0.29) is 6.04 Å². The summed E-state index contributed by atoms with van der Waals surface area (Å²) in [5, 5.41) is 5.55. The zero-order chi connectivity index (χ0) is 17.1. The Labute approximate surface area is 152 Å². The highest BCUT2D eigenvalue weighted by Gasteiger charge is 2.15. The minimum atomic E-state index is -0.575. The summed E-state index contributed by atoms with van der Waals surface area (Å²) in [4.78, 5) is 20.1. The van der Waals surface area contributed by atoms with Crippen LogP contribution in [0.5, 0.6) is 0 Å². The molecule has 2 aromatic heterocycles. The Bertz CT molecular complexity index is 866. The molecular formula is C17H15BrN4OS. The molecule has 24 heavy (non-hydrogen) atoms. The quantitative estimate of drug-likeness (QED) is 0.679. The van der Waals surface area contributed by atoms with Gasteiger partial charge in [0.1, 0.15) is 5.01 Å². The highest BCUT2D eigenvalue weighted by Crippen LogP contribution is 2.34. The van der Waals surface area contributed by atoms with E-state index in [4.69, 9.17) is 10.7 Å². The molecule has 0 fully saturated rings. The number of aromatic nitrogens is 2. The van der Waals surface area contributed by atoms with Gasteiger partial charge in [0.25, 0.3) is 0 Å². The number of hydrogen-bond acceptors (Lipinski definition) is 4. The maximum absolute atomic E-state index is 11.0. The predicted molar refractivity (Wildman–Crippen MR) is 99.6 cm³/mol. The van der Waals surface area contributed by atoms with E-state index in [1.165, 1.54) is 0 Å². The number of thiazole rings is 1. The third-order valence-corrected chi connectivity index (χ3v) is 4.99. The van der Waals surface area contributed by atoms with Crippen molar-refractivity contribution in [1.29, 1.82) is 0 Å². The van der Waals surface area contributed by atoms with Gasteiger partial charge in [0.15, 0.2) is 0 Å². The smallest absolute Gasteiger partial charge is 0.312 e. The van der Waals surface area contributed by atoms with Crippen molar-refractivity contribution in [3.8, 4) is 21.8 Å². The average Bonchev–Trinajstić information content (AvgIpc) is 3.05. The Morgan fingerprint density at radius 3 is 2.79 bits per heavy atom. The molecule has 3 N–H and O–H groups in total.